The molecule has 100 valence electrons. The van der Waals surface area contributed by atoms with Crippen molar-refractivity contribution in [2.45, 2.75) is 25.3 Å². The number of carbonyl (C=O) groups is 1. The molecule has 0 heterocycles. The summed E-state index contributed by atoms with van der Waals surface area (Å²) in [6.45, 7) is 2.43. The Labute approximate surface area is 113 Å². The van der Waals surface area contributed by atoms with E-state index in [-0.39, 0.29) is 17.9 Å². The van der Waals surface area contributed by atoms with Gasteiger partial charge in [0.15, 0.2) is 0 Å². The number of rotatable bonds is 7. The number of carbonyl (C=O) groups excluding carboxylic acids is 1. The third kappa shape index (κ3) is 4.31. The summed E-state index contributed by atoms with van der Waals surface area (Å²) < 4.78 is 5.02. The van der Waals surface area contributed by atoms with Crippen LogP contribution in [0.4, 0.5) is 0 Å². The fourth-order valence-corrected chi connectivity index (χ4v) is 2.05. The largest absolute Gasteiger partial charge is 0.383 e. The zero-order chi connectivity index (χ0) is 13.4. The van der Waals surface area contributed by atoms with Gasteiger partial charge in [-0.05, 0) is 12.0 Å². The molecule has 0 fully saturated rings. The number of hydrogen-bond donors (Lipinski definition) is 1. The summed E-state index contributed by atoms with van der Waals surface area (Å²) in [4.78, 5) is 12.2. The van der Waals surface area contributed by atoms with Crippen LogP contribution in [0.2, 0.25) is 0 Å². The molecule has 0 aromatic heterocycles. The second kappa shape index (κ2) is 8.11. The standard InChI is InChI=1S/C14H20ClNO2/c1-3-13(11-7-5-4-6-8-11)14(17)16-12(9-15)10-18-2/h4-8,12-13H,3,9-10H2,1-2H3,(H,16,17). The van der Waals surface area contributed by atoms with E-state index in [9.17, 15) is 4.79 Å². The average molecular weight is 270 g/mol. The van der Waals surface area contributed by atoms with Crippen LogP contribution in [0.3, 0.4) is 0 Å². The normalized spacial score (nSPS) is 13.9. The van der Waals surface area contributed by atoms with Crippen LogP contribution in [0.5, 0.6) is 0 Å². The number of benzene rings is 1. The van der Waals surface area contributed by atoms with Gasteiger partial charge in [0.2, 0.25) is 5.91 Å². The summed E-state index contributed by atoms with van der Waals surface area (Å²) >= 11 is 5.79. The SMILES string of the molecule is CCC(C(=O)NC(CCl)COC)c1ccccc1. The highest BCUT2D eigenvalue weighted by molar-refractivity contribution is 6.18. The van der Waals surface area contributed by atoms with Crippen LogP contribution in [0.25, 0.3) is 0 Å². The molecule has 3 nitrogen and oxygen atoms in total. The average Bonchev–Trinajstić information content (AvgIpc) is 2.40. The van der Waals surface area contributed by atoms with Crippen LogP contribution in [0.1, 0.15) is 24.8 Å². The van der Waals surface area contributed by atoms with E-state index in [4.69, 9.17) is 16.3 Å². The maximum absolute atomic E-state index is 12.2. The van der Waals surface area contributed by atoms with Gasteiger partial charge >= 0.3 is 0 Å². The predicted octanol–water partition coefficient (Wildman–Crippen LogP) is 2.55. The monoisotopic (exact) mass is 269 g/mol. The zero-order valence-corrected chi connectivity index (χ0v) is 11.6. The quantitative estimate of drug-likeness (QED) is 0.773. The van der Waals surface area contributed by atoms with E-state index in [0.717, 1.165) is 12.0 Å². The number of nitrogens with one attached hydrogen (secondary N) is 1. The highest BCUT2D eigenvalue weighted by Gasteiger charge is 2.20. The number of methoxy groups -OCH3 is 1. The number of amides is 1. The lowest BCUT2D eigenvalue weighted by Gasteiger charge is -2.20. The molecule has 1 aromatic carbocycles. The predicted molar refractivity (Wildman–Crippen MR) is 74.0 cm³/mol. The first-order chi connectivity index (χ1) is 8.72. The fraction of sp³-hybridized carbons (Fsp3) is 0.500. The van der Waals surface area contributed by atoms with Crippen molar-refractivity contribution in [1.29, 1.82) is 0 Å². The molecule has 0 aliphatic carbocycles. The molecule has 0 saturated heterocycles. The molecular formula is C14H20ClNO2. The third-order valence-electron chi connectivity index (χ3n) is 2.83. The van der Waals surface area contributed by atoms with E-state index in [1.54, 1.807) is 7.11 Å². The van der Waals surface area contributed by atoms with Crippen molar-refractivity contribution in [2.75, 3.05) is 19.6 Å². The lowest BCUT2D eigenvalue weighted by atomic mass is 9.95. The highest BCUT2D eigenvalue weighted by atomic mass is 35.5. The van der Waals surface area contributed by atoms with Crippen molar-refractivity contribution < 1.29 is 9.53 Å². The van der Waals surface area contributed by atoms with E-state index in [1.165, 1.54) is 0 Å². The molecule has 1 rings (SSSR count). The second-order valence-electron chi connectivity index (χ2n) is 4.19. The Morgan fingerprint density at radius 3 is 2.56 bits per heavy atom. The Kier molecular flexibility index (Phi) is 6.76. The molecule has 2 atom stereocenters. The molecule has 0 radical (unpaired) electrons. The molecule has 0 bridgehead atoms. The van der Waals surface area contributed by atoms with E-state index < -0.39 is 0 Å². The molecule has 0 aliphatic rings. The molecule has 4 heteroatoms. The summed E-state index contributed by atoms with van der Waals surface area (Å²) in [5, 5.41) is 2.92. The van der Waals surface area contributed by atoms with Gasteiger partial charge in [0.25, 0.3) is 0 Å². The van der Waals surface area contributed by atoms with Gasteiger partial charge < -0.3 is 10.1 Å². The summed E-state index contributed by atoms with van der Waals surface area (Å²) in [6.07, 6.45) is 0.762. The van der Waals surface area contributed by atoms with Crippen LogP contribution < -0.4 is 5.32 Å². The molecular weight excluding hydrogens is 250 g/mol. The van der Waals surface area contributed by atoms with Crippen molar-refractivity contribution >= 4 is 17.5 Å². The summed E-state index contributed by atoms with van der Waals surface area (Å²) in [7, 11) is 1.60. The Morgan fingerprint density at radius 1 is 1.39 bits per heavy atom. The van der Waals surface area contributed by atoms with Gasteiger partial charge in [-0.1, -0.05) is 37.3 Å². The van der Waals surface area contributed by atoms with Gasteiger partial charge in [-0.3, -0.25) is 4.79 Å². The maximum Gasteiger partial charge on any atom is 0.227 e. The van der Waals surface area contributed by atoms with Gasteiger partial charge in [-0.15, -0.1) is 11.6 Å². The van der Waals surface area contributed by atoms with Gasteiger partial charge in [0, 0.05) is 13.0 Å². The smallest absolute Gasteiger partial charge is 0.227 e. The molecule has 0 saturated carbocycles. The van der Waals surface area contributed by atoms with Gasteiger partial charge in [0.05, 0.1) is 18.6 Å². The summed E-state index contributed by atoms with van der Waals surface area (Å²) in [5.41, 5.74) is 1.03. The van der Waals surface area contributed by atoms with Crippen LogP contribution in [-0.2, 0) is 9.53 Å². The summed E-state index contributed by atoms with van der Waals surface area (Å²) in [6, 6.07) is 9.64. The minimum absolute atomic E-state index is 0.00593. The minimum Gasteiger partial charge on any atom is -0.383 e. The van der Waals surface area contributed by atoms with Crippen molar-refractivity contribution in [3.63, 3.8) is 0 Å². The van der Waals surface area contributed by atoms with Crippen molar-refractivity contribution in [3.05, 3.63) is 35.9 Å². The molecule has 18 heavy (non-hydrogen) atoms. The lowest BCUT2D eigenvalue weighted by molar-refractivity contribution is -0.123. The van der Waals surface area contributed by atoms with Crippen LogP contribution >= 0.6 is 11.6 Å². The van der Waals surface area contributed by atoms with Gasteiger partial charge in [-0.25, -0.2) is 0 Å². The molecule has 1 amide bonds. The minimum atomic E-state index is -0.137. The molecule has 1 N–H and O–H groups in total. The number of halogens is 1. The van der Waals surface area contributed by atoms with E-state index in [1.807, 2.05) is 37.3 Å². The van der Waals surface area contributed by atoms with Gasteiger partial charge in [-0.2, -0.15) is 0 Å². The maximum atomic E-state index is 12.2. The molecule has 0 spiro atoms. The highest BCUT2D eigenvalue weighted by Crippen LogP contribution is 2.19. The lowest BCUT2D eigenvalue weighted by Crippen LogP contribution is -2.41. The number of hydrogen-bond acceptors (Lipinski definition) is 2. The van der Waals surface area contributed by atoms with E-state index in [0.29, 0.717) is 12.5 Å². The van der Waals surface area contributed by atoms with Crippen LogP contribution in [0, 0.1) is 0 Å². The Hall–Kier alpha value is -1.06. The van der Waals surface area contributed by atoms with E-state index >= 15 is 0 Å². The van der Waals surface area contributed by atoms with Crippen molar-refractivity contribution in [3.8, 4) is 0 Å². The molecule has 0 aliphatic heterocycles. The first kappa shape index (κ1) is 15.0. The Balaban J connectivity index is 2.68. The molecule has 2 unspecified atom stereocenters. The fourth-order valence-electron chi connectivity index (χ4n) is 1.89. The van der Waals surface area contributed by atoms with Crippen LogP contribution in [-0.4, -0.2) is 31.5 Å². The van der Waals surface area contributed by atoms with Crippen molar-refractivity contribution in [1.82, 2.24) is 5.32 Å². The van der Waals surface area contributed by atoms with E-state index in [2.05, 4.69) is 5.32 Å². The Bertz CT molecular complexity index is 356. The number of ether oxygens (including phenoxy) is 1. The topological polar surface area (TPSA) is 38.3 Å². The summed E-state index contributed by atoms with van der Waals surface area (Å²) in [5.74, 6) is 0.227. The van der Waals surface area contributed by atoms with Gasteiger partial charge in [0.1, 0.15) is 0 Å². The Morgan fingerprint density at radius 2 is 2.06 bits per heavy atom. The van der Waals surface area contributed by atoms with Crippen molar-refractivity contribution in [2.24, 2.45) is 0 Å². The molecule has 1 aromatic rings. The number of alkyl halides is 1. The third-order valence-corrected chi connectivity index (χ3v) is 3.20. The second-order valence-corrected chi connectivity index (χ2v) is 4.50. The van der Waals surface area contributed by atoms with Crippen LogP contribution in [0.15, 0.2) is 30.3 Å². The zero-order valence-electron chi connectivity index (χ0n) is 10.9. The first-order valence-electron chi connectivity index (χ1n) is 6.13. The first-order valence-corrected chi connectivity index (χ1v) is 6.66.